The smallest absolute Gasteiger partial charge is 0.337 e. The number of Topliss-reactive ketones (excluding diaryl/α,β-unsaturated/α-hetero) is 1. The molecule has 0 bridgehead atoms. The molecule has 6 aliphatic rings. The van der Waals surface area contributed by atoms with E-state index in [0.29, 0.717) is 6.42 Å². The maximum atomic E-state index is 14.2. The maximum absolute atomic E-state index is 14.2. The van der Waals surface area contributed by atoms with E-state index in [1.165, 1.54) is 12.7 Å². The van der Waals surface area contributed by atoms with Crippen LogP contribution in [0.2, 0.25) is 0 Å². The maximum Gasteiger partial charge on any atom is 0.337 e. The molecule has 4 N–H and O–H groups in total. The fourth-order valence-electron chi connectivity index (χ4n) is 12.1. The normalized spacial score (nSPS) is 52.7. The highest BCUT2D eigenvalue weighted by Gasteiger charge is 2.72. The third kappa shape index (κ3) is 4.47. The second-order valence-electron chi connectivity index (χ2n) is 18.2. The molecular formula is C37H58O9. The monoisotopic (exact) mass is 646 g/mol. The van der Waals surface area contributed by atoms with Crippen molar-refractivity contribution in [3.05, 3.63) is 11.6 Å². The Morgan fingerprint density at radius 1 is 0.870 bits per heavy atom. The molecule has 0 aromatic rings. The van der Waals surface area contributed by atoms with E-state index < -0.39 is 53.6 Å². The lowest BCUT2D eigenvalue weighted by atomic mass is 9.33. The van der Waals surface area contributed by atoms with Gasteiger partial charge < -0.3 is 34.6 Å². The summed E-state index contributed by atoms with van der Waals surface area (Å²) in [6, 6.07) is 0. The quantitative estimate of drug-likeness (QED) is 0.200. The molecule has 0 aromatic carbocycles. The van der Waals surface area contributed by atoms with Gasteiger partial charge in [0.1, 0.15) is 24.4 Å². The molecule has 0 unspecified atom stereocenters. The Balaban J connectivity index is 1.30. The van der Waals surface area contributed by atoms with Crippen molar-refractivity contribution in [2.45, 2.75) is 150 Å². The zero-order chi connectivity index (χ0) is 34.0. The number of hydrogen-bond donors (Lipinski definition) is 4. The van der Waals surface area contributed by atoms with E-state index in [4.69, 9.17) is 14.2 Å². The van der Waals surface area contributed by atoms with Gasteiger partial charge in [0, 0.05) is 10.8 Å². The van der Waals surface area contributed by atoms with Gasteiger partial charge in [-0.05, 0) is 90.8 Å². The predicted octanol–water partition coefficient (Wildman–Crippen LogP) is 4.32. The lowest BCUT2D eigenvalue weighted by Gasteiger charge is -2.71. The van der Waals surface area contributed by atoms with E-state index in [-0.39, 0.29) is 51.3 Å². The van der Waals surface area contributed by atoms with Crippen LogP contribution in [0.1, 0.15) is 107 Å². The van der Waals surface area contributed by atoms with Crippen molar-refractivity contribution in [2.24, 2.45) is 50.2 Å². The Bertz CT molecular complexity index is 1290. The standard InChI is InChI=1S/C37H58O9/c1-32(2)16-17-34(5)20(18-32)19-10-11-22-35(6)14-13-23(45-31-26(40)24(38)25(39)27(46-31)30(43)44-9)33(3,4)21(35)12-15-36(22,7)37(19,8)29(42)28(34)41/h10,20-27,29,31,38-40,42H,11-18H2,1-9H3/t20-,21-,22+,23-,24-,25-,26+,27-,29-,31+,34-,35-,36+,37-/m0/s1. The summed E-state index contributed by atoms with van der Waals surface area (Å²) in [5.74, 6) is -0.187. The number of aliphatic hydroxyl groups excluding tert-OH is 4. The first-order valence-corrected chi connectivity index (χ1v) is 17.6. The summed E-state index contributed by atoms with van der Waals surface area (Å²) in [6.07, 6.45) is 0.479. The number of ketones is 1. The number of aliphatic hydroxyl groups is 4. The van der Waals surface area contributed by atoms with E-state index in [9.17, 15) is 30.0 Å². The minimum atomic E-state index is -1.63. The second kappa shape index (κ2) is 10.8. The molecule has 0 spiro atoms. The first-order chi connectivity index (χ1) is 21.2. The van der Waals surface area contributed by atoms with Crippen LogP contribution in [0.5, 0.6) is 0 Å². The largest absolute Gasteiger partial charge is 0.467 e. The fourth-order valence-corrected chi connectivity index (χ4v) is 12.1. The molecule has 9 nitrogen and oxygen atoms in total. The highest BCUT2D eigenvalue weighted by molar-refractivity contribution is 5.92. The molecule has 4 saturated carbocycles. The highest BCUT2D eigenvalue weighted by Crippen LogP contribution is 2.75. The molecule has 5 fully saturated rings. The fraction of sp³-hybridized carbons (Fsp3) is 0.892. The third-order valence-electron chi connectivity index (χ3n) is 15.2. The van der Waals surface area contributed by atoms with Gasteiger partial charge in [0.05, 0.1) is 13.2 Å². The molecule has 0 aromatic heterocycles. The van der Waals surface area contributed by atoms with Crippen molar-refractivity contribution in [1.82, 2.24) is 0 Å². The van der Waals surface area contributed by atoms with E-state index in [2.05, 4.69) is 61.5 Å². The van der Waals surface area contributed by atoms with Crippen LogP contribution < -0.4 is 0 Å². The number of hydrogen-bond acceptors (Lipinski definition) is 9. The second-order valence-corrected chi connectivity index (χ2v) is 18.2. The Hall–Kier alpha value is -1.36. The Morgan fingerprint density at radius 3 is 2.20 bits per heavy atom. The molecule has 1 heterocycles. The molecule has 5 aliphatic carbocycles. The van der Waals surface area contributed by atoms with Crippen LogP contribution in [-0.4, -0.2) is 82.2 Å². The van der Waals surface area contributed by atoms with Gasteiger partial charge in [-0.3, -0.25) is 4.79 Å². The molecule has 14 atom stereocenters. The zero-order valence-electron chi connectivity index (χ0n) is 29.3. The number of rotatable bonds is 3. The van der Waals surface area contributed by atoms with Gasteiger partial charge in [-0.1, -0.05) is 67.0 Å². The first-order valence-electron chi connectivity index (χ1n) is 17.6. The van der Waals surface area contributed by atoms with Gasteiger partial charge >= 0.3 is 5.97 Å². The molecule has 1 saturated heterocycles. The molecular weight excluding hydrogens is 588 g/mol. The van der Waals surface area contributed by atoms with Gasteiger partial charge in [-0.25, -0.2) is 4.79 Å². The summed E-state index contributed by atoms with van der Waals surface area (Å²) in [5.41, 5.74) is -0.444. The summed E-state index contributed by atoms with van der Waals surface area (Å²) < 4.78 is 16.9. The van der Waals surface area contributed by atoms with E-state index in [0.717, 1.165) is 44.9 Å². The molecule has 260 valence electrons. The number of carbonyl (C=O) groups is 2. The van der Waals surface area contributed by atoms with Crippen LogP contribution in [0.25, 0.3) is 0 Å². The van der Waals surface area contributed by atoms with Crippen molar-refractivity contribution in [3.63, 3.8) is 0 Å². The molecule has 9 heteroatoms. The molecule has 46 heavy (non-hydrogen) atoms. The van der Waals surface area contributed by atoms with E-state index in [1.54, 1.807) is 0 Å². The number of esters is 1. The van der Waals surface area contributed by atoms with Gasteiger partial charge in [0.25, 0.3) is 0 Å². The summed E-state index contributed by atoms with van der Waals surface area (Å²) >= 11 is 0. The van der Waals surface area contributed by atoms with Crippen molar-refractivity contribution in [2.75, 3.05) is 7.11 Å². The van der Waals surface area contributed by atoms with Crippen molar-refractivity contribution >= 4 is 11.8 Å². The lowest BCUT2D eigenvalue weighted by molar-refractivity contribution is -0.324. The number of fused-ring (bicyclic) bond motifs is 7. The minimum Gasteiger partial charge on any atom is -0.467 e. The summed E-state index contributed by atoms with van der Waals surface area (Å²) in [7, 11) is 1.17. The molecule has 6 rings (SSSR count). The van der Waals surface area contributed by atoms with Crippen LogP contribution in [0.3, 0.4) is 0 Å². The predicted molar refractivity (Wildman–Crippen MR) is 170 cm³/mol. The van der Waals surface area contributed by atoms with Crippen LogP contribution in [0, 0.1) is 50.2 Å². The topological polar surface area (TPSA) is 143 Å². The molecule has 0 amide bonds. The first kappa shape index (κ1) is 34.5. The van der Waals surface area contributed by atoms with E-state index >= 15 is 0 Å². The van der Waals surface area contributed by atoms with Crippen molar-refractivity contribution < 1.29 is 44.2 Å². The van der Waals surface area contributed by atoms with Gasteiger partial charge in [-0.15, -0.1) is 0 Å². The summed E-state index contributed by atoms with van der Waals surface area (Å²) in [4.78, 5) is 26.5. The summed E-state index contributed by atoms with van der Waals surface area (Å²) in [6.45, 7) is 18.1. The van der Waals surface area contributed by atoms with Crippen LogP contribution in [0.4, 0.5) is 0 Å². The average Bonchev–Trinajstić information content (AvgIpc) is 2.99. The minimum absolute atomic E-state index is 0.0304. The molecule has 0 radical (unpaired) electrons. The Labute approximate surface area is 274 Å². The van der Waals surface area contributed by atoms with E-state index in [1.807, 2.05) is 0 Å². The highest BCUT2D eigenvalue weighted by atomic mass is 16.7. The number of methoxy groups -OCH3 is 1. The van der Waals surface area contributed by atoms with Crippen LogP contribution >= 0.6 is 0 Å². The van der Waals surface area contributed by atoms with Gasteiger partial charge in [0.2, 0.25) is 0 Å². The zero-order valence-corrected chi connectivity index (χ0v) is 29.3. The van der Waals surface area contributed by atoms with Crippen LogP contribution in [0.15, 0.2) is 11.6 Å². The average molecular weight is 647 g/mol. The van der Waals surface area contributed by atoms with Gasteiger partial charge in [0.15, 0.2) is 18.2 Å². The number of carbonyl (C=O) groups excluding carboxylic acids is 2. The number of ether oxygens (including phenoxy) is 3. The van der Waals surface area contributed by atoms with Crippen molar-refractivity contribution in [1.29, 1.82) is 0 Å². The van der Waals surface area contributed by atoms with Crippen LogP contribution in [-0.2, 0) is 23.8 Å². The summed E-state index contributed by atoms with van der Waals surface area (Å²) in [5, 5.41) is 43.8. The Kier molecular flexibility index (Phi) is 8.11. The molecule has 1 aliphatic heterocycles. The third-order valence-corrected chi connectivity index (χ3v) is 15.2. The number of allylic oxidation sites excluding steroid dienone is 1. The van der Waals surface area contributed by atoms with Gasteiger partial charge in [-0.2, -0.15) is 0 Å². The SMILES string of the molecule is COC(=O)[C@H]1O[C@@H](O[C@H]2CC[C@]3(C)[C@H]4CC=C5[C@@H]6CC(C)(C)CC[C@]6(C)C(=O)[C@H](O)[C@@]5(C)[C@]4(C)CC[C@H]3C2(C)C)[C@H](O)[C@@H](O)[C@@H]1O. The van der Waals surface area contributed by atoms with Crippen molar-refractivity contribution in [3.8, 4) is 0 Å². The lowest BCUT2D eigenvalue weighted by Crippen LogP contribution is -2.70. The Morgan fingerprint density at radius 2 is 1.54 bits per heavy atom.